The topological polar surface area (TPSA) is 135 Å². The SMILES string of the molecule is O=C1NC(=O)/C(=C/c2cnn3c(NC4CC4)nc(O[C@H]4CCNC4)nc23)N1. The van der Waals surface area contributed by atoms with E-state index in [0.29, 0.717) is 23.2 Å². The van der Waals surface area contributed by atoms with Crippen molar-refractivity contribution in [2.45, 2.75) is 31.4 Å². The molecule has 4 heterocycles. The van der Waals surface area contributed by atoms with Crippen molar-refractivity contribution in [3.05, 3.63) is 17.5 Å². The molecule has 1 saturated carbocycles. The van der Waals surface area contributed by atoms with Crippen LogP contribution in [0, 0.1) is 0 Å². The van der Waals surface area contributed by atoms with Gasteiger partial charge in [0.1, 0.15) is 11.8 Å². The summed E-state index contributed by atoms with van der Waals surface area (Å²) in [6, 6.07) is 0.0839. The molecule has 3 aliphatic rings. The van der Waals surface area contributed by atoms with E-state index >= 15 is 0 Å². The molecule has 2 saturated heterocycles. The summed E-state index contributed by atoms with van der Waals surface area (Å²) in [6.07, 6.45) is 6.19. The van der Waals surface area contributed by atoms with Crippen molar-refractivity contribution in [2.75, 3.05) is 18.4 Å². The van der Waals surface area contributed by atoms with Crippen LogP contribution < -0.4 is 26.0 Å². The molecule has 5 rings (SSSR count). The van der Waals surface area contributed by atoms with E-state index in [4.69, 9.17) is 4.74 Å². The summed E-state index contributed by atoms with van der Waals surface area (Å²) in [4.78, 5) is 32.1. The Kier molecular flexibility index (Phi) is 3.67. The number of carbonyl (C=O) groups excluding carboxylic acids is 2. The second-order valence-electron chi connectivity index (χ2n) is 6.78. The minimum Gasteiger partial charge on any atom is -0.459 e. The Hall–Kier alpha value is -3.21. The van der Waals surface area contributed by atoms with Crippen LogP contribution in [-0.2, 0) is 4.79 Å². The molecule has 1 aliphatic carbocycles. The first-order valence-corrected chi connectivity index (χ1v) is 8.89. The molecule has 0 bridgehead atoms. The zero-order valence-electron chi connectivity index (χ0n) is 14.4. The molecular weight excluding hydrogens is 352 g/mol. The lowest BCUT2D eigenvalue weighted by Gasteiger charge is -2.13. The van der Waals surface area contributed by atoms with Crippen LogP contribution in [-0.4, -0.2) is 56.8 Å². The van der Waals surface area contributed by atoms with Gasteiger partial charge in [-0.05, 0) is 31.9 Å². The second-order valence-corrected chi connectivity index (χ2v) is 6.78. The van der Waals surface area contributed by atoms with Gasteiger partial charge >= 0.3 is 12.0 Å². The van der Waals surface area contributed by atoms with E-state index in [1.54, 1.807) is 10.7 Å². The van der Waals surface area contributed by atoms with Crippen molar-refractivity contribution in [3.63, 3.8) is 0 Å². The molecule has 11 heteroatoms. The normalized spacial score (nSPS) is 23.7. The summed E-state index contributed by atoms with van der Waals surface area (Å²) in [7, 11) is 0. The standard InChI is InChI=1S/C16H18N8O3/c25-13-11(20-15(26)22-13)5-8-6-18-24-12(8)21-16(27-10-3-4-17-7-10)23-14(24)19-9-1-2-9/h5-6,9-10,17H,1-4,7H2,(H,19,21,23)(H2,20,22,25,26)/b11-5-/t10-/m0/s1. The molecule has 27 heavy (non-hydrogen) atoms. The third kappa shape index (κ3) is 3.16. The fourth-order valence-corrected chi connectivity index (χ4v) is 3.05. The number of fused-ring (bicyclic) bond motifs is 1. The molecule has 0 spiro atoms. The van der Waals surface area contributed by atoms with Gasteiger partial charge in [-0.3, -0.25) is 10.1 Å². The van der Waals surface area contributed by atoms with Crippen LogP contribution in [0.1, 0.15) is 24.8 Å². The quantitative estimate of drug-likeness (QED) is 0.413. The molecule has 0 aromatic carbocycles. The van der Waals surface area contributed by atoms with Crippen LogP contribution in [0.5, 0.6) is 6.01 Å². The summed E-state index contributed by atoms with van der Waals surface area (Å²) in [5.41, 5.74) is 1.22. The van der Waals surface area contributed by atoms with Gasteiger partial charge in [-0.15, -0.1) is 0 Å². The fraction of sp³-hybridized carbons (Fsp3) is 0.438. The first-order valence-electron chi connectivity index (χ1n) is 8.89. The van der Waals surface area contributed by atoms with Gasteiger partial charge in [0.2, 0.25) is 5.95 Å². The molecular formula is C16H18N8O3. The van der Waals surface area contributed by atoms with Gasteiger partial charge in [0.25, 0.3) is 5.91 Å². The average molecular weight is 370 g/mol. The highest BCUT2D eigenvalue weighted by Gasteiger charge is 2.26. The van der Waals surface area contributed by atoms with E-state index < -0.39 is 11.9 Å². The second kappa shape index (κ2) is 6.20. The minimum absolute atomic E-state index is 0.0193. The molecule has 140 valence electrons. The molecule has 2 aromatic heterocycles. The van der Waals surface area contributed by atoms with E-state index in [1.807, 2.05) is 0 Å². The van der Waals surface area contributed by atoms with E-state index in [9.17, 15) is 9.59 Å². The van der Waals surface area contributed by atoms with Gasteiger partial charge in [-0.2, -0.15) is 19.6 Å². The maximum absolute atomic E-state index is 11.8. The predicted octanol–water partition coefficient (Wildman–Crippen LogP) is -0.380. The summed E-state index contributed by atoms with van der Waals surface area (Å²) >= 11 is 0. The Morgan fingerprint density at radius 2 is 2.11 bits per heavy atom. The molecule has 1 atom stereocenters. The van der Waals surface area contributed by atoms with Gasteiger partial charge < -0.3 is 20.7 Å². The number of hydrogen-bond acceptors (Lipinski definition) is 8. The first kappa shape index (κ1) is 16.0. The Labute approximate surface area is 153 Å². The number of urea groups is 1. The number of anilines is 1. The molecule has 3 amide bonds. The Balaban J connectivity index is 1.54. The zero-order valence-corrected chi connectivity index (χ0v) is 14.4. The van der Waals surface area contributed by atoms with Crippen molar-refractivity contribution >= 4 is 29.6 Å². The highest BCUT2D eigenvalue weighted by atomic mass is 16.5. The Morgan fingerprint density at radius 3 is 2.81 bits per heavy atom. The number of ether oxygens (including phenoxy) is 1. The van der Waals surface area contributed by atoms with Gasteiger partial charge in [0.15, 0.2) is 5.65 Å². The van der Waals surface area contributed by atoms with Crippen molar-refractivity contribution in [1.82, 2.24) is 35.5 Å². The van der Waals surface area contributed by atoms with Crippen molar-refractivity contribution in [1.29, 1.82) is 0 Å². The molecule has 4 N–H and O–H groups in total. The number of rotatable bonds is 5. The number of nitrogens with one attached hydrogen (secondary N) is 4. The third-order valence-electron chi connectivity index (χ3n) is 4.59. The van der Waals surface area contributed by atoms with Crippen LogP contribution in [0.3, 0.4) is 0 Å². The van der Waals surface area contributed by atoms with E-state index in [2.05, 4.69) is 36.3 Å². The summed E-state index contributed by atoms with van der Waals surface area (Å²) < 4.78 is 7.51. The smallest absolute Gasteiger partial charge is 0.326 e. The number of carbonyl (C=O) groups is 2. The molecule has 3 fully saturated rings. The minimum atomic E-state index is -0.550. The molecule has 0 radical (unpaired) electrons. The summed E-state index contributed by atoms with van der Waals surface area (Å²) in [5.74, 6) is 0.0613. The van der Waals surface area contributed by atoms with Crippen LogP contribution in [0.25, 0.3) is 11.7 Å². The zero-order chi connectivity index (χ0) is 18.4. The average Bonchev–Trinajstić information content (AvgIpc) is 3.01. The van der Waals surface area contributed by atoms with Gasteiger partial charge in [-0.25, -0.2) is 4.79 Å². The van der Waals surface area contributed by atoms with Crippen molar-refractivity contribution in [3.8, 4) is 6.01 Å². The maximum Gasteiger partial charge on any atom is 0.326 e. The van der Waals surface area contributed by atoms with Gasteiger partial charge in [-0.1, -0.05) is 0 Å². The number of nitrogens with zero attached hydrogens (tertiary/aromatic N) is 4. The predicted molar refractivity (Wildman–Crippen MR) is 94.0 cm³/mol. The van der Waals surface area contributed by atoms with E-state index in [-0.39, 0.29) is 17.8 Å². The summed E-state index contributed by atoms with van der Waals surface area (Å²) in [6.45, 7) is 1.65. The lowest BCUT2D eigenvalue weighted by atomic mass is 10.2. The first-order chi connectivity index (χ1) is 13.2. The van der Waals surface area contributed by atoms with Crippen LogP contribution in [0.15, 0.2) is 11.9 Å². The highest BCUT2D eigenvalue weighted by Crippen LogP contribution is 2.26. The number of amides is 3. The number of hydrogen-bond donors (Lipinski definition) is 4. The lowest BCUT2D eigenvalue weighted by molar-refractivity contribution is -0.115. The van der Waals surface area contributed by atoms with Crippen LogP contribution in [0.2, 0.25) is 0 Å². The molecule has 0 unspecified atom stereocenters. The van der Waals surface area contributed by atoms with Gasteiger partial charge in [0, 0.05) is 18.2 Å². The lowest BCUT2D eigenvalue weighted by Crippen LogP contribution is -2.22. The monoisotopic (exact) mass is 370 g/mol. The maximum atomic E-state index is 11.8. The Morgan fingerprint density at radius 1 is 1.22 bits per heavy atom. The Bertz CT molecular complexity index is 958. The van der Waals surface area contributed by atoms with Gasteiger partial charge in [0.05, 0.1) is 6.20 Å². The van der Waals surface area contributed by atoms with Crippen LogP contribution in [0.4, 0.5) is 10.7 Å². The highest BCUT2D eigenvalue weighted by molar-refractivity contribution is 6.14. The van der Waals surface area contributed by atoms with Crippen molar-refractivity contribution in [2.24, 2.45) is 0 Å². The van der Waals surface area contributed by atoms with E-state index in [1.165, 1.54) is 6.08 Å². The molecule has 2 aromatic rings. The molecule has 2 aliphatic heterocycles. The number of aromatic nitrogens is 4. The largest absolute Gasteiger partial charge is 0.459 e. The summed E-state index contributed by atoms with van der Waals surface area (Å²) in [5, 5.41) is 15.5. The van der Waals surface area contributed by atoms with Crippen molar-refractivity contribution < 1.29 is 14.3 Å². The fourth-order valence-electron chi connectivity index (χ4n) is 3.05. The third-order valence-corrected chi connectivity index (χ3v) is 4.59. The van der Waals surface area contributed by atoms with E-state index in [0.717, 1.165) is 32.4 Å². The number of imide groups is 1. The molecule has 11 nitrogen and oxygen atoms in total. The van der Waals surface area contributed by atoms with Crippen LogP contribution >= 0.6 is 0 Å².